The third kappa shape index (κ3) is 3.83. The van der Waals surface area contributed by atoms with Crippen molar-refractivity contribution in [2.75, 3.05) is 7.11 Å². The topological polar surface area (TPSA) is 78.7 Å². The minimum atomic E-state index is -0.713. The molecule has 0 bridgehead atoms. The Morgan fingerprint density at radius 1 is 1.15 bits per heavy atom. The van der Waals surface area contributed by atoms with E-state index >= 15 is 0 Å². The van der Waals surface area contributed by atoms with Crippen LogP contribution in [0.5, 0.6) is 11.5 Å². The number of nitrogens with zero attached hydrogens (tertiary/aromatic N) is 1. The van der Waals surface area contributed by atoms with E-state index in [0.717, 1.165) is 17.7 Å². The van der Waals surface area contributed by atoms with Crippen LogP contribution in [0.4, 0.5) is 5.69 Å². The van der Waals surface area contributed by atoms with Crippen LogP contribution in [0.25, 0.3) is 0 Å². The molecule has 0 unspecified atom stereocenters. The molecular weight excluding hydrogens is 354 g/mol. The van der Waals surface area contributed by atoms with E-state index in [4.69, 9.17) is 9.47 Å². The summed E-state index contributed by atoms with van der Waals surface area (Å²) in [4.78, 5) is 24.7. The number of esters is 1. The van der Waals surface area contributed by atoms with Crippen LogP contribution in [0, 0.1) is 10.1 Å². The molecular formula is C19H19NO5S. The lowest BCUT2D eigenvalue weighted by molar-refractivity contribution is -0.385. The van der Waals surface area contributed by atoms with Crippen molar-refractivity contribution in [1.29, 1.82) is 0 Å². The Balaban J connectivity index is 1.86. The zero-order chi connectivity index (χ0) is 18.6. The van der Waals surface area contributed by atoms with Gasteiger partial charge in [0.15, 0.2) is 0 Å². The van der Waals surface area contributed by atoms with Crippen LogP contribution in [-0.2, 0) is 4.79 Å². The quantitative estimate of drug-likeness (QED) is 0.318. The molecule has 26 heavy (non-hydrogen) atoms. The molecule has 2 aromatic carbocycles. The van der Waals surface area contributed by atoms with Crippen LogP contribution in [0.2, 0.25) is 0 Å². The first-order valence-electron chi connectivity index (χ1n) is 8.33. The van der Waals surface area contributed by atoms with Crippen LogP contribution >= 0.6 is 11.8 Å². The zero-order valence-corrected chi connectivity index (χ0v) is 15.2. The Hall–Kier alpha value is -2.54. The van der Waals surface area contributed by atoms with E-state index in [9.17, 15) is 14.9 Å². The molecule has 0 N–H and O–H groups in total. The fourth-order valence-electron chi connectivity index (χ4n) is 3.05. The molecule has 1 fully saturated rings. The number of hydrogen-bond donors (Lipinski definition) is 0. The molecule has 0 aliphatic heterocycles. The molecule has 0 spiro atoms. The number of nitro benzene ring substituents is 1. The number of benzene rings is 2. The average molecular weight is 373 g/mol. The van der Waals surface area contributed by atoms with Crippen molar-refractivity contribution >= 4 is 23.4 Å². The molecule has 0 saturated heterocycles. The standard InChI is InChI=1S/C19H19NO5S/c1-24-14-9-10-17(16(13-14)20(22)23)25-18(21)19(11-5-6-12-19)26-15-7-3-2-4-8-15/h2-4,7-10,13H,5-6,11-12H2,1H3. The normalized spacial score (nSPS) is 15.4. The number of ether oxygens (including phenoxy) is 2. The SMILES string of the molecule is COc1ccc(OC(=O)C2(Sc3ccccc3)CCCC2)c([N+](=O)[O-])c1. The zero-order valence-electron chi connectivity index (χ0n) is 14.3. The molecule has 7 heteroatoms. The molecule has 0 radical (unpaired) electrons. The molecule has 1 saturated carbocycles. The summed E-state index contributed by atoms with van der Waals surface area (Å²) in [6.45, 7) is 0. The summed E-state index contributed by atoms with van der Waals surface area (Å²) in [5.41, 5.74) is -0.282. The predicted molar refractivity (Wildman–Crippen MR) is 98.8 cm³/mol. The molecule has 2 aromatic rings. The Morgan fingerprint density at radius 3 is 2.46 bits per heavy atom. The molecule has 0 aromatic heterocycles. The van der Waals surface area contributed by atoms with Crippen molar-refractivity contribution < 1.29 is 19.2 Å². The second kappa shape index (κ2) is 7.78. The summed E-state index contributed by atoms with van der Waals surface area (Å²) in [6.07, 6.45) is 3.24. The summed E-state index contributed by atoms with van der Waals surface area (Å²) in [5, 5.41) is 11.3. The molecule has 3 rings (SSSR count). The van der Waals surface area contributed by atoms with E-state index in [0.29, 0.717) is 18.6 Å². The third-order valence-corrected chi connectivity index (χ3v) is 5.88. The molecule has 1 aliphatic carbocycles. The lowest BCUT2D eigenvalue weighted by atomic mass is 10.1. The average Bonchev–Trinajstić information content (AvgIpc) is 3.12. The first-order chi connectivity index (χ1) is 12.5. The van der Waals surface area contributed by atoms with Gasteiger partial charge in [0.05, 0.1) is 18.1 Å². The maximum atomic E-state index is 13.0. The van der Waals surface area contributed by atoms with Gasteiger partial charge in [-0.15, -0.1) is 11.8 Å². The lowest BCUT2D eigenvalue weighted by Gasteiger charge is -2.25. The first kappa shape index (κ1) is 18.3. The Labute approximate surface area is 155 Å². The first-order valence-corrected chi connectivity index (χ1v) is 9.14. The second-order valence-corrected chi connectivity index (χ2v) is 7.55. The van der Waals surface area contributed by atoms with Crippen LogP contribution in [0.1, 0.15) is 25.7 Å². The van der Waals surface area contributed by atoms with Gasteiger partial charge in [-0.2, -0.15) is 0 Å². The van der Waals surface area contributed by atoms with E-state index in [1.165, 1.54) is 31.0 Å². The maximum Gasteiger partial charge on any atom is 0.328 e. The largest absolute Gasteiger partial charge is 0.496 e. The number of carbonyl (C=O) groups excluding carboxylic acids is 1. The number of nitro groups is 1. The van der Waals surface area contributed by atoms with Gasteiger partial charge >= 0.3 is 11.7 Å². The van der Waals surface area contributed by atoms with Gasteiger partial charge in [0.1, 0.15) is 10.5 Å². The van der Waals surface area contributed by atoms with Gasteiger partial charge in [-0.05, 0) is 37.1 Å². The van der Waals surface area contributed by atoms with E-state index in [1.54, 1.807) is 6.07 Å². The summed E-state index contributed by atoms with van der Waals surface area (Å²) >= 11 is 1.48. The van der Waals surface area contributed by atoms with Crippen LogP contribution in [0.3, 0.4) is 0 Å². The highest BCUT2D eigenvalue weighted by Crippen LogP contribution is 2.46. The smallest absolute Gasteiger partial charge is 0.328 e. The highest BCUT2D eigenvalue weighted by atomic mass is 32.2. The van der Waals surface area contributed by atoms with Crippen molar-refractivity contribution in [2.24, 2.45) is 0 Å². The Morgan fingerprint density at radius 2 is 1.85 bits per heavy atom. The molecule has 0 amide bonds. The van der Waals surface area contributed by atoms with Gasteiger partial charge in [0.25, 0.3) is 0 Å². The van der Waals surface area contributed by atoms with Gasteiger partial charge in [-0.1, -0.05) is 31.0 Å². The number of methoxy groups -OCH3 is 1. The number of carbonyl (C=O) groups is 1. The van der Waals surface area contributed by atoms with Gasteiger partial charge < -0.3 is 9.47 Å². The lowest BCUT2D eigenvalue weighted by Crippen LogP contribution is -2.36. The second-order valence-electron chi connectivity index (χ2n) is 6.10. The molecule has 1 aliphatic rings. The monoisotopic (exact) mass is 373 g/mol. The van der Waals surface area contributed by atoms with Crippen molar-refractivity contribution in [3.05, 3.63) is 58.6 Å². The van der Waals surface area contributed by atoms with E-state index in [2.05, 4.69) is 0 Å². The minimum Gasteiger partial charge on any atom is -0.496 e. The Bertz CT molecular complexity index is 803. The van der Waals surface area contributed by atoms with Crippen molar-refractivity contribution in [3.8, 4) is 11.5 Å². The molecule has 136 valence electrons. The minimum absolute atomic E-state index is 0.0549. The van der Waals surface area contributed by atoms with E-state index in [1.807, 2.05) is 30.3 Å². The fourth-order valence-corrected chi connectivity index (χ4v) is 4.42. The summed E-state index contributed by atoms with van der Waals surface area (Å²) in [6, 6.07) is 13.9. The fraction of sp³-hybridized carbons (Fsp3) is 0.316. The van der Waals surface area contributed by atoms with Crippen LogP contribution in [0.15, 0.2) is 53.4 Å². The highest BCUT2D eigenvalue weighted by Gasteiger charge is 2.44. The maximum absolute atomic E-state index is 13.0. The van der Waals surface area contributed by atoms with E-state index in [-0.39, 0.29) is 11.4 Å². The van der Waals surface area contributed by atoms with Crippen LogP contribution in [-0.4, -0.2) is 22.7 Å². The summed E-state index contributed by atoms with van der Waals surface area (Å²) in [7, 11) is 1.43. The van der Waals surface area contributed by atoms with Gasteiger partial charge in [0, 0.05) is 4.90 Å². The van der Waals surface area contributed by atoms with Crippen molar-refractivity contribution in [2.45, 2.75) is 35.3 Å². The third-order valence-electron chi connectivity index (χ3n) is 4.41. The van der Waals surface area contributed by atoms with E-state index < -0.39 is 15.6 Å². The van der Waals surface area contributed by atoms with Crippen molar-refractivity contribution in [3.63, 3.8) is 0 Å². The van der Waals surface area contributed by atoms with Crippen molar-refractivity contribution in [1.82, 2.24) is 0 Å². The van der Waals surface area contributed by atoms with Gasteiger partial charge in [-0.25, -0.2) is 0 Å². The highest BCUT2D eigenvalue weighted by molar-refractivity contribution is 8.01. The Kier molecular flexibility index (Phi) is 5.46. The molecule has 6 nitrogen and oxygen atoms in total. The van der Waals surface area contributed by atoms with Gasteiger partial charge in [0.2, 0.25) is 5.75 Å². The number of thioether (sulfide) groups is 1. The molecule has 0 heterocycles. The predicted octanol–water partition coefficient (Wildman–Crippen LogP) is 4.61. The van der Waals surface area contributed by atoms with Crippen LogP contribution < -0.4 is 9.47 Å². The molecule has 0 atom stereocenters. The van der Waals surface area contributed by atoms with Gasteiger partial charge in [-0.3, -0.25) is 14.9 Å². The number of rotatable bonds is 6. The number of hydrogen-bond acceptors (Lipinski definition) is 6. The summed E-state index contributed by atoms with van der Waals surface area (Å²) in [5.74, 6) is -0.149. The summed E-state index contributed by atoms with van der Waals surface area (Å²) < 4.78 is 9.81.